The molecule has 0 saturated carbocycles. The van der Waals surface area contributed by atoms with Gasteiger partial charge in [-0.05, 0) is 23.3 Å². The highest BCUT2D eigenvalue weighted by Crippen LogP contribution is 2.54. The number of phenolic OH excluding ortho intramolecular Hbond substituents is 2. The van der Waals surface area contributed by atoms with Crippen molar-refractivity contribution in [2.24, 2.45) is 0 Å². The summed E-state index contributed by atoms with van der Waals surface area (Å²) in [5.41, 5.74) is -0.601. The molecular formula is C19H12Cl4O5S. The van der Waals surface area contributed by atoms with E-state index in [4.69, 9.17) is 46.4 Å². The Morgan fingerprint density at radius 3 is 1.93 bits per heavy atom. The van der Waals surface area contributed by atoms with Crippen LogP contribution in [-0.4, -0.2) is 23.2 Å². The molecule has 0 heterocycles. The van der Waals surface area contributed by atoms with Gasteiger partial charge in [0.25, 0.3) is 10.1 Å². The fraction of sp³-hybridized carbons (Fsp3) is 0.0526. The summed E-state index contributed by atoms with van der Waals surface area (Å²) in [4.78, 5) is 0. The van der Waals surface area contributed by atoms with Crippen molar-refractivity contribution < 1.29 is 23.2 Å². The predicted octanol–water partition coefficient (Wildman–Crippen LogP) is 5.89. The van der Waals surface area contributed by atoms with Crippen molar-refractivity contribution in [1.82, 2.24) is 0 Å². The monoisotopic (exact) mass is 492 g/mol. The normalized spacial score (nSPS) is 13.8. The molecule has 0 aliphatic carbocycles. The van der Waals surface area contributed by atoms with Crippen molar-refractivity contribution in [1.29, 1.82) is 0 Å². The van der Waals surface area contributed by atoms with E-state index in [-0.39, 0.29) is 31.2 Å². The summed E-state index contributed by atoms with van der Waals surface area (Å²) in [5.74, 6) is -1.59. The van der Waals surface area contributed by atoms with Crippen LogP contribution < -0.4 is 0 Å². The lowest BCUT2D eigenvalue weighted by Crippen LogP contribution is -2.38. The zero-order chi connectivity index (χ0) is 21.6. The zero-order valence-corrected chi connectivity index (χ0v) is 18.1. The van der Waals surface area contributed by atoms with Gasteiger partial charge in [0.2, 0.25) is 0 Å². The zero-order valence-electron chi connectivity index (χ0n) is 14.3. The molecule has 0 aliphatic rings. The molecule has 0 spiro atoms. The molecule has 0 radical (unpaired) electrons. The second-order valence-corrected chi connectivity index (χ2v) is 9.23. The van der Waals surface area contributed by atoms with Gasteiger partial charge in [0.1, 0.15) is 0 Å². The third kappa shape index (κ3) is 3.54. The highest BCUT2D eigenvalue weighted by Gasteiger charge is 2.52. The van der Waals surface area contributed by atoms with Gasteiger partial charge in [-0.15, -0.1) is 0 Å². The van der Waals surface area contributed by atoms with Crippen LogP contribution in [0.1, 0.15) is 16.7 Å². The molecule has 152 valence electrons. The van der Waals surface area contributed by atoms with Crippen LogP contribution in [0.15, 0.2) is 54.6 Å². The molecule has 10 heteroatoms. The minimum Gasteiger partial charge on any atom is -0.504 e. The van der Waals surface area contributed by atoms with E-state index >= 15 is 0 Å². The quantitative estimate of drug-likeness (QED) is 0.239. The Balaban J connectivity index is 2.64. The van der Waals surface area contributed by atoms with Crippen LogP contribution in [0.4, 0.5) is 0 Å². The number of rotatable bonds is 4. The molecule has 3 rings (SSSR count). The third-order valence-electron chi connectivity index (χ3n) is 4.42. The fourth-order valence-electron chi connectivity index (χ4n) is 3.19. The SMILES string of the molecule is O=S(=O)(O)C(c1ccccc1)(c1ccc(Cl)c(Cl)c1)c1c(O)c(O)cc(Cl)c1Cl. The van der Waals surface area contributed by atoms with E-state index in [2.05, 4.69) is 0 Å². The summed E-state index contributed by atoms with van der Waals surface area (Å²) in [5, 5.41) is 20.2. The minimum atomic E-state index is -5.11. The first-order valence-corrected chi connectivity index (χ1v) is 10.9. The van der Waals surface area contributed by atoms with Crippen LogP contribution in [0.3, 0.4) is 0 Å². The first-order valence-electron chi connectivity index (χ1n) is 7.90. The molecule has 3 aromatic carbocycles. The molecule has 0 amide bonds. The first-order chi connectivity index (χ1) is 13.5. The Morgan fingerprint density at radius 2 is 1.38 bits per heavy atom. The maximum absolute atomic E-state index is 13.0. The Hall–Kier alpha value is -1.67. The largest absolute Gasteiger partial charge is 0.504 e. The van der Waals surface area contributed by atoms with Crippen molar-refractivity contribution >= 4 is 56.5 Å². The van der Waals surface area contributed by atoms with Gasteiger partial charge in [0, 0.05) is 6.07 Å². The van der Waals surface area contributed by atoms with Gasteiger partial charge in [-0.3, -0.25) is 4.55 Å². The Bertz CT molecular complexity index is 1170. The van der Waals surface area contributed by atoms with Crippen molar-refractivity contribution in [3.63, 3.8) is 0 Å². The Labute approximate surface area is 186 Å². The summed E-state index contributed by atoms with van der Waals surface area (Å²) in [7, 11) is -5.11. The van der Waals surface area contributed by atoms with Gasteiger partial charge >= 0.3 is 0 Å². The Kier molecular flexibility index (Phi) is 5.98. The maximum Gasteiger partial charge on any atom is 0.283 e. The van der Waals surface area contributed by atoms with Crippen molar-refractivity contribution in [2.45, 2.75) is 4.75 Å². The molecule has 0 aromatic heterocycles. The molecule has 0 bridgehead atoms. The van der Waals surface area contributed by atoms with Gasteiger partial charge in [-0.25, -0.2) is 0 Å². The standard InChI is InChI=1S/C19H12Cl4O5S/c20-12-7-6-11(8-13(12)21)19(29(26,27)28,10-4-2-1-3-5-10)16-17(23)14(22)9-15(24)18(16)25/h1-9,24-25H,(H,26,27,28). The lowest BCUT2D eigenvalue weighted by atomic mass is 9.83. The second-order valence-electron chi connectivity index (χ2n) is 6.07. The average molecular weight is 494 g/mol. The van der Waals surface area contributed by atoms with Crippen LogP contribution in [0.5, 0.6) is 11.5 Å². The van der Waals surface area contributed by atoms with Crippen molar-refractivity contribution in [3.05, 3.63) is 91.4 Å². The molecule has 0 saturated heterocycles. The van der Waals surface area contributed by atoms with E-state index in [1.54, 1.807) is 6.07 Å². The van der Waals surface area contributed by atoms with Gasteiger partial charge < -0.3 is 10.2 Å². The molecule has 29 heavy (non-hydrogen) atoms. The van der Waals surface area contributed by atoms with Gasteiger partial charge in [0.05, 0.1) is 25.7 Å². The molecule has 0 fully saturated rings. The minimum absolute atomic E-state index is 0.00464. The van der Waals surface area contributed by atoms with Crippen LogP contribution >= 0.6 is 46.4 Å². The smallest absolute Gasteiger partial charge is 0.283 e. The van der Waals surface area contributed by atoms with E-state index in [1.807, 2.05) is 0 Å². The van der Waals surface area contributed by atoms with E-state index in [9.17, 15) is 23.2 Å². The van der Waals surface area contributed by atoms with Crippen molar-refractivity contribution in [3.8, 4) is 11.5 Å². The van der Waals surface area contributed by atoms with Crippen LogP contribution in [0.2, 0.25) is 20.1 Å². The third-order valence-corrected chi connectivity index (χ3v) is 7.39. The van der Waals surface area contributed by atoms with E-state index < -0.39 is 31.9 Å². The summed E-state index contributed by atoms with van der Waals surface area (Å²) in [6, 6.07) is 12.3. The number of hydrogen-bond donors (Lipinski definition) is 3. The summed E-state index contributed by atoms with van der Waals surface area (Å²) in [6.45, 7) is 0. The number of hydrogen-bond acceptors (Lipinski definition) is 4. The van der Waals surface area contributed by atoms with Gasteiger partial charge in [0.15, 0.2) is 16.2 Å². The molecule has 3 aromatic rings. The lowest BCUT2D eigenvalue weighted by Gasteiger charge is -2.34. The van der Waals surface area contributed by atoms with E-state index in [0.717, 1.165) is 6.07 Å². The lowest BCUT2D eigenvalue weighted by molar-refractivity contribution is 0.394. The summed E-state index contributed by atoms with van der Waals surface area (Å²) in [6.07, 6.45) is 0. The number of aromatic hydroxyl groups is 2. The molecular weight excluding hydrogens is 482 g/mol. The van der Waals surface area contributed by atoms with E-state index in [1.165, 1.54) is 42.5 Å². The number of phenols is 2. The number of benzene rings is 3. The molecule has 3 N–H and O–H groups in total. The van der Waals surface area contributed by atoms with Crippen LogP contribution in [-0.2, 0) is 14.9 Å². The van der Waals surface area contributed by atoms with Gasteiger partial charge in [-0.1, -0.05) is 82.8 Å². The predicted molar refractivity (Wildman–Crippen MR) is 114 cm³/mol. The van der Waals surface area contributed by atoms with Gasteiger partial charge in [-0.2, -0.15) is 8.42 Å². The fourth-order valence-corrected chi connectivity index (χ4v) is 5.35. The molecule has 5 nitrogen and oxygen atoms in total. The van der Waals surface area contributed by atoms with Crippen molar-refractivity contribution in [2.75, 3.05) is 0 Å². The molecule has 0 aliphatic heterocycles. The number of halogens is 4. The highest BCUT2D eigenvalue weighted by atomic mass is 35.5. The molecule has 1 atom stereocenters. The Morgan fingerprint density at radius 1 is 0.759 bits per heavy atom. The van der Waals surface area contributed by atoms with Crippen LogP contribution in [0, 0.1) is 0 Å². The first kappa shape index (κ1) is 22.0. The summed E-state index contributed by atoms with van der Waals surface area (Å²) < 4.78 is 33.9. The topological polar surface area (TPSA) is 94.8 Å². The maximum atomic E-state index is 13.0. The molecule has 1 unspecified atom stereocenters. The highest BCUT2D eigenvalue weighted by molar-refractivity contribution is 7.87. The summed E-state index contributed by atoms with van der Waals surface area (Å²) >= 11 is 24.4. The van der Waals surface area contributed by atoms with Crippen LogP contribution in [0.25, 0.3) is 0 Å². The van der Waals surface area contributed by atoms with E-state index in [0.29, 0.717) is 0 Å². The second kappa shape index (κ2) is 7.87. The average Bonchev–Trinajstić information content (AvgIpc) is 2.65.